The van der Waals surface area contributed by atoms with E-state index < -0.39 is 5.54 Å². The van der Waals surface area contributed by atoms with Crippen LogP contribution in [0.3, 0.4) is 0 Å². The fraction of sp³-hybridized carbons (Fsp3) is 0.0556. The van der Waals surface area contributed by atoms with Gasteiger partial charge in [-0.25, -0.2) is 0 Å². The number of hydrogen-bond donors (Lipinski definition) is 1. The Kier molecular flexibility index (Phi) is 4.03. The van der Waals surface area contributed by atoms with Crippen molar-refractivity contribution in [3.05, 3.63) is 96.3 Å². The first kappa shape index (κ1) is 14.1. The molecule has 0 bridgehead atoms. The molecule has 0 aliphatic heterocycles. The molecule has 0 aliphatic rings. The first-order valence-corrected chi connectivity index (χ1v) is 7.01. The van der Waals surface area contributed by atoms with Crippen molar-refractivity contribution >= 4 is 6.08 Å². The Hall–Kier alpha value is -2.85. The molecule has 2 N–H and O–H groups in total. The van der Waals surface area contributed by atoms with E-state index in [1.165, 1.54) is 0 Å². The molecule has 3 rings (SSSR count). The van der Waals surface area contributed by atoms with Crippen molar-refractivity contribution in [2.45, 2.75) is 5.54 Å². The number of pyridine rings is 3. The van der Waals surface area contributed by atoms with Gasteiger partial charge in [0.2, 0.25) is 0 Å². The van der Waals surface area contributed by atoms with Crippen molar-refractivity contribution < 1.29 is 0 Å². The van der Waals surface area contributed by atoms with Gasteiger partial charge < -0.3 is 5.73 Å². The Morgan fingerprint density at radius 2 is 1.27 bits per heavy atom. The Balaban J connectivity index is 2.06. The van der Waals surface area contributed by atoms with Gasteiger partial charge in [-0.15, -0.1) is 0 Å². The van der Waals surface area contributed by atoms with Crippen molar-refractivity contribution in [1.29, 1.82) is 0 Å². The first-order chi connectivity index (χ1) is 10.8. The molecule has 0 saturated carbocycles. The molecule has 0 aliphatic carbocycles. The van der Waals surface area contributed by atoms with E-state index >= 15 is 0 Å². The van der Waals surface area contributed by atoms with Gasteiger partial charge in [0.1, 0.15) is 5.54 Å². The Morgan fingerprint density at radius 1 is 0.727 bits per heavy atom. The molecule has 0 spiro atoms. The summed E-state index contributed by atoms with van der Waals surface area (Å²) in [5.41, 5.74) is 8.06. The quantitative estimate of drug-likeness (QED) is 0.801. The average Bonchev–Trinajstić information content (AvgIpc) is 2.62. The normalized spacial score (nSPS) is 11.7. The van der Waals surface area contributed by atoms with Gasteiger partial charge in [0, 0.05) is 18.6 Å². The fourth-order valence-corrected chi connectivity index (χ4v) is 2.21. The van der Waals surface area contributed by atoms with E-state index in [2.05, 4.69) is 15.0 Å². The lowest BCUT2D eigenvalue weighted by atomic mass is 9.90. The Bertz CT molecular complexity index is 700. The molecule has 0 atom stereocenters. The van der Waals surface area contributed by atoms with Crippen LogP contribution in [0.5, 0.6) is 0 Å². The molecule has 4 nitrogen and oxygen atoms in total. The van der Waals surface area contributed by atoms with Gasteiger partial charge in [-0.1, -0.05) is 24.3 Å². The van der Waals surface area contributed by atoms with Crippen LogP contribution >= 0.6 is 0 Å². The van der Waals surface area contributed by atoms with Crippen molar-refractivity contribution in [1.82, 2.24) is 15.0 Å². The van der Waals surface area contributed by atoms with Gasteiger partial charge in [0.15, 0.2) is 0 Å². The molecule has 0 fully saturated rings. The highest BCUT2D eigenvalue weighted by Gasteiger charge is 2.29. The van der Waals surface area contributed by atoms with Crippen molar-refractivity contribution in [2.24, 2.45) is 5.73 Å². The smallest absolute Gasteiger partial charge is 0.120 e. The van der Waals surface area contributed by atoms with Gasteiger partial charge in [-0.05, 0) is 42.5 Å². The summed E-state index contributed by atoms with van der Waals surface area (Å²) in [4.78, 5) is 13.1. The summed E-state index contributed by atoms with van der Waals surface area (Å²) in [7, 11) is 0. The van der Waals surface area contributed by atoms with Gasteiger partial charge in [-0.2, -0.15) is 0 Å². The molecular weight excluding hydrogens is 272 g/mol. The van der Waals surface area contributed by atoms with E-state index in [1.807, 2.05) is 66.7 Å². The second-order valence-corrected chi connectivity index (χ2v) is 4.89. The predicted molar refractivity (Wildman–Crippen MR) is 86.7 cm³/mol. The Morgan fingerprint density at radius 3 is 1.73 bits per heavy atom. The van der Waals surface area contributed by atoms with Crippen molar-refractivity contribution in [3.8, 4) is 0 Å². The summed E-state index contributed by atoms with van der Waals surface area (Å²) >= 11 is 0. The molecule has 3 heterocycles. The zero-order chi connectivity index (χ0) is 15.3. The number of nitrogens with zero attached hydrogens (tertiary/aromatic N) is 3. The van der Waals surface area contributed by atoms with Gasteiger partial charge in [-0.3, -0.25) is 15.0 Å². The highest BCUT2D eigenvalue weighted by Crippen LogP contribution is 2.26. The molecule has 4 heteroatoms. The number of rotatable bonds is 4. The maximum absolute atomic E-state index is 6.65. The average molecular weight is 288 g/mol. The molecule has 3 aromatic rings. The second-order valence-electron chi connectivity index (χ2n) is 4.89. The third-order valence-corrected chi connectivity index (χ3v) is 3.38. The predicted octanol–water partition coefficient (Wildman–Crippen LogP) is 2.79. The van der Waals surface area contributed by atoms with E-state index in [9.17, 15) is 0 Å². The van der Waals surface area contributed by atoms with E-state index in [0.29, 0.717) is 0 Å². The zero-order valence-electron chi connectivity index (χ0n) is 12.0. The lowest BCUT2D eigenvalue weighted by molar-refractivity contribution is 0.634. The number of aromatic nitrogens is 3. The van der Waals surface area contributed by atoms with Crippen LogP contribution in [0.15, 0.2) is 79.3 Å². The highest BCUT2D eigenvalue weighted by atomic mass is 14.9. The minimum Gasteiger partial charge on any atom is -0.312 e. The molecule has 0 unspecified atom stereocenters. The van der Waals surface area contributed by atoms with Gasteiger partial charge >= 0.3 is 0 Å². The molecule has 0 amide bonds. The van der Waals surface area contributed by atoms with E-state index in [-0.39, 0.29) is 0 Å². The minimum absolute atomic E-state index is 0.737. The van der Waals surface area contributed by atoms with Gasteiger partial charge in [0.25, 0.3) is 0 Å². The zero-order valence-corrected chi connectivity index (χ0v) is 12.0. The molecular formula is C18H16N4. The van der Waals surface area contributed by atoms with Gasteiger partial charge in [0.05, 0.1) is 17.1 Å². The van der Waals surface area contributed by atoms with Crippen molar-refractivity contribution in [3.63, 3.8) is 0 Å². The van der Waals surface area contributed by atoms with E-state index in [1.54, 1.807) is 18.6 Å². The summed E-state index contributed by atoms with van der Waals surface area (Å²) in [5, 5.41) is 0. The minimum atomic E-state index is -0.903. The lowest BCUT2D eigenvalue weighted by Crippen LogP contribution is -2.37. The Labute approximate surface area is 129 Å². The van der Waals surface area contributed by atoms with E-state index in [0.717, 1.165) is 17.1 Å². The van der Waals surface area contributed by atoms with Crippen LogP contribution in [0.4, 0.5) is 0 Å². The topological polar surface area (TPSA) is 64.7 Å². The molecule has 3 aromatic heterocycles. The van der Waals surface area contributed by atoms with Crippen molar-refractivity contribution in [2.75, 3.05) is 0 Å². The third kappa shape index (κ3) is 2.92. The molecule has 22 heavy (non-hydrogen) atoms. The molecule has 0 saturated heterocycles. The summed E-state index contributed by atoms with van der Waals surface area (Å²) in [6.07, 6.45) is 8.99. The van der Waals surface area contributed by atoms with Crippen LogP contribution in [-0.4, -0.2) is 15.0 Å². The fourth-order valence-electron chi connectivity index (χ4n) is 2.21. The molecule has 0 radical (unpaired) electrons. The summed E-state index contributed by atoms with van der Waals surface area (Å²) in [6, 6.07) is 17.1. The number of nitrogens with two attached hydrogens (primary N) is 1. The van der Waals surface area contributed by atoms with Crippen LogP contribution in [0.25, 0.3) is 6.08 Å². The summed E-state index contributed by atoms with van der Waals surface area (Å²) in [5.74, 6) is 0. The van der Waals surface area contributed by atoms with Crippen LogP contribution in [0, 0.1) is 0 Å². The largest absolute Gasteiger partial charge is 0.312 e. The molecule has 108 valence electrons. The first-order valence-electron chi connectivity index (χ1n) is 7.01. The number of hydrogen-bond acceptors (Lipinski definition) is 4. The monoisotopic (exact) mass is 288 g/mol. The van der Waals surface area contributed by atoms with Crippen LogP contribution < -0.4 is 5.73 Å². The van der Waals surface area contributed by atoms with Crippen LogP contribution in [-0.2, 0) is 5.54 Å². The maximum Gasteiger partial charge on any atom is 0.120 e. The molecule has 0 aromatic carbocycles. The SMILES string of the molecule is NC(C=Cc1ccccn1)(c1ccccn1)c1ccccn1. The van der Waals surface area contributed by atoms with E-state index in [4.69, 9.17) is 5.73 Å². The van der Waals surface area contributed by atoms with Crippen LogP contribution in [0.1, 0.15) is 17.1 Å². The summed E-state index contributed by atoms with van der Waals surface area (Å²) in [6.45, 7) is 0. The third-order valence-electron chi connectivity index (χ3n) is 3.38. The highest BCUT2D eigenvalue weighted by molar-refractivity contribution is 5.50. The lowest BCUT2D eigenvalue weighted by Gasteiger charge is -2.24. The maximum atomic E-state index is 6.65. The summed E-state index contributed by atoms with van der Waals surface area (Å²) < 4.78 is 0. The standard InChI is InChI=1S/C18H16N4/c19-18(16-8-2-5-13-21-16,17-9-3-6-14-22-17)11-10-15-7-1-4-12-20-15/h1-14H,19H2. The van der Waals surface area contributed by atoms with Crippen LogP contribution in [0.2, 0.25) is 0 Å². The second kappa shape index (κ2) is 6.28.